The van der Waals surface area contributed by atoms with Gasteiger partial charge in [0.2, 0.25) is 11.9 Å². The molecule has 9 heteroatoms. The minimum atomic E-state index is 0.0866. The highest BCUT2D eigenvalue weighted by atomic mass is 32.2. The molecule has 0 unspecified atom stereocenters. The van der Waals surface area contributed by atoms with Crippen LogP contribution < -0.4 is 10.2 Å². The predicted molar refractivity (Wildman–Crippen MR) is 103 cm³/mol. The first-order valence-electron chi connectivity index (χ1n) is 9.61. The van der Waals surface area contributed by atoms with Gasteiger partial charge < -0.3 is 19.9 Å². The maximum absolute atomic E-state index is 12.3. The third kappa shape index (κ3) is 4.89. The number of nitrogens with zero attached hydrogens (tertiary/aromatic N) is 5. The van der Waals surface area contributed by atoms with E-state index in [1.54, 1.807) is 0 Å². The van der Waals surface area contributed by atoms with Crippen molar-refractivity contribution in [1.82, 2.24) is 25.0 Å². The lowest BCUT2D eigenvalue weighted by atomic mass is 10.1. The second kappa shape index (κ2) is 9.57. The number of aromatic nitrogens is 3. The van der Waals surface area contributed by atoms with Gasteiger partial charge in [-0.05, 0) is 26.3 Å². The Morgan fingerprint density at radius 2 is 1.88 bits per heavy atom. The minimum absolute atomic E-state index is 0.0866. The highest BCUT2D eigenvalue weighted by Crippen LogP contribution is 2.22. The van der Waals surface area contributed by atoms with Crippen LogP contribution in [0.1, 0.15) is 26.7 Å². The quantitative estimate of drug-likeness (QED) is 0.700. The fourth-order valence-corrected chi connectivity index (χ4v) is 4.26. The third-order valence-electron chi connectivity index (χ3n) is 5.04. The molecule has 0 aromatic carbocycles. The SMILES string of the molecule is CCN1CCC(NC(=O)CSc2nnc(N3CCOCC3)n2CC)CC1. The Bertz CT molecular complexity index is 582. The number of anilines is 1. The van der Waals surface area contributed by atoms with E-state index in [-0.39, 0.29) is 5.91 Å². The predicted octanol–water partition coefficient (Wildman–Crippen LogP) is 0.827. The molecule has 0 radical (unpaired) electrons. The number of piperidine rings is 1. The Balaban J connectivity index is 1.49. The number of carbonyl (C=O) groups is 1. The number of rotatable bonds is 7. The highest BCUT2D eigenvalue weighted by Gasteiger charge is 2.22. The smallest absolute Gasteiger partial charge is 0.230 e. The molecule has 2 aliphatic heterocycles. The maximum Gasteiger partial charge on any atom is 0.230 e. The van der Waals surface area contributed by atoms with E-state index in [0.29, 0.717) is 11.8 Å². The normalized spacial score (nSPS) is 19.7. The van der Waals surface area contributed by atoms with E-state index in [1.807, 2.05) is 0 Å². The van der Waals surface area contributed by atoms with Gasteiger partial charge in [-0.15, -0.1) is 10.2 Å². The zero-order chi connectivity index (χ0) is 18.4. The number of ether oxygens (including phenoxy) is 1. The van der Waals surface area contributed by atoms with E-state index in [1.165, 1.54) is 11.8 Å². The molecule has 8 nitrogen and oxygen atoms in total. The van der Waals surface area contributed by atoms with Crippen molar-refractivity contribution in [3.63, 3.8) is 0 Å². The summed E-state index contributed by atoms with van der Waals surface area (Å²) in [5, 5.41) is 12.6. The van der Waals surface area contributed by atoms with Crippen LogP contribution in [-0.4, -0.2) is 83.3 Å². The number of amides is 1. The Morgan fingerprint density at radius 3 is 2.54 bits per heavy atom. The summed E-state index contributed by atoms with van der Waals surface area (Å²) in [6.45, 7) is 11.4. The molecule has 1 aromatic heterocycles. The van der Waals surface area contributed by atoms with Crippen LogP contribution in [0.25, 0.3) is 0 Å². The van der Waals surface area contributed by atoms with E-state index >= 15 is 0 Å². The summed E-state index contributed by atoms with van der Waals surface area (Å²) in [7, 11) is 0. The van der Waals surface area contributed by atoms with Crippen molar-refractivity contribution >= 4 is 23.6 Å². The molecule has 0 bridgehead atoms. The fourth-order valence-electron chi connectivity index (χ4n) is 3.45. The Kier molecular flexibility index (Phi) is 7.15. The number of morpholine rings is 1. The van der Waals surface area contributed by atoms with Crippen molar-refractivity contribution in [2.24, 2.45) is 0 Å². The number of likely N-dealkylation sites (tertiary alicyclic amines) is 1. The van der Waals surface area contributed by atoms with Crippen molar-refractivity contribution in [2.75, 3.05) is 56.6 Å². The molecule has 0 saturated carbocycles. The minimum Gasteiger partial charge on any atom is -0.378 e. The van der Waals surface area contributed by atoms with Gasteiger partial charge in [-0.3, -0.25) is 9.36 Å². The second-order valence-corrected chi connectivity index (χ2v) is 7.63. The van der Waals surface area contributed by atoms with Crippen molar-refractivity contribution in [3.05, 3.63) is 0 Å². The van der Waals surface area contributed by atoms with Gasteiger partial charge in [0.1, 0.15) is 0 Å². The molecule has 2 saturated heterocycles. The Morgan fingerprint density at radius 1 is 1.15 bits per heavy atom. The van der Waals surface area contributed by atoms with Crippen molar-refractivity contribution in [3.8, 4) is 0 Å². The molecule has 0 atom stereocenters. The second-order valence-electron chi connectivity index (χ2n) is 6.69. The van der Waals surface area contributed by atoms with Gasteiger partial charge in [-0.1, -0.05) is 18.7 Å². The van der Waals surface area contributed by atoms with Gasteiger partial charge in [0.25, 0.3) is 0 Å². The summed E-state index contributed by atoms with van der Waals surface area (Å²) < 4.78 is 7.49. The lowest BCUT2D eigenvalue weighted by molar-refractivity contribution is -0.119. The van der Waals surface area contributed by atoms with Gasteiger partial charge in [-0.2, -0.15) is 0 Å². The molecule has 146 valence electrons. The van der Waals surface area contributed by atoms with Crippen LogP contribution in [0.15, 0.2) is 5.16 Å². The zero-order valence-corrected chi connectivity index (χ0v) is 16.6. The third-order valence-corrected chi connectivity index (χ3v) is 6.01. The van der Waals surface area contributed by atoms with Gasteiger partial charge >= 0.3 is 0 Å². The molecule has 1 aromatic rings. The number of carbonyl (C=O) groups excluding carboxylic acids is 1. The summed E-state index contributed by atoms with van der Waals surface area (Å²) in [6, 6.07) is 0.304. The van der Waals surface area contributed by atoms with Gasteiger partial charge in [0.05, 0.1) is 19.0 Å². The number of nitrogens with one attached hydrogen (secondary N) is 1. The number of hydrogen-bond donors (Lipinski definition) is 1. The van der Waals surface area contributed by atoms with Gasteiger partial charge in [0, 0.05) is 38.8 Å². The van der Waals surface area contributed by atoms with Crippen molar-refractivity contribution in [1.29, 1.82) is 0 Å². The fraction of sp³-hybridized carbons (Fsp3) is 0.824. The summed E-state index contributed by atoms with van der Waals surface area (Å²) in [5.41, 5.74) is 0. The lowest BCUT2D eigenvalue weighted by Crippen LogP contribution is -2.45. The van der Waals surface area contributed by atoms with Gasteiger partial charge in [0.15, 0.2) is 5.16 Å². The monoisotopic (exact) mass is 382 g/mol. The number of hydrogen-bond acceptors (Lipinski definition) is 7. The average molecular weight is 383 g/mol. The molecule has 3 heterocycles. The highest BCUT2D eigenvalue weighted by molar-refractivity contribution is 7.99. The molecular weight excluding hydrogens is 352 g/mol. The van der Waals surface area contributed by atoms with Crippen LogP contribution in [0, 0.1) is 0 Å². The van der Waals surface area contributed by atoms with Crippen LogP contribution in [-0.2, 0) is 16.1 Å². The van der Waals surface area contributed by atoms with Crippen LogP contribution in [0.2, 0.25) is 0 Å². The first-order chi connectivity index (χ1) is 12.7. The number of thioether (sulfide) groups is 1. The first kappa shape index (κ1) is 19.4. The topological polar surface area (TPSA) is 75.5 Å². The van der Waals surface area contributed by atoms with E-state index in [9.17, 15) is 4.79 Å². The van der Waals surface area contributed by atoms with Crippen molar-refractivity contribution < 1.29 is 9.53 Å². The summed E-state index contributed by atoms with van der Waals surface area (Å²) in [4.78, 5) is 16.9. The summed E-state index contributed by atoms with van der Waals surface area (Å²) in [5.74, 6) is 1.35. The average Bonchev–Trinajstić information content (AvgIpc) is 3.10. The molecule has 1 amide bonds. The molecule has 2 aliphatic rings. The van der Waals surface area contributed by atoms with Crippen LogP contribution in [0.4, 0.5) is 5.95 Å². The first-order valence-corrected chi connectivity index (χ1v) is 10.6. The molecule has 26 heavy (non-hydrogen) atoms. The summed E-state index contributed by atoms with van der Waals surface area (Å²) >= 11 is 1.47. The lowest BCUT2D eigenvalue weighted by Gasteiger charge is -2.31. The van der Waals surface area contributed by atoms with Crippen LogP contribution >= 0.6 is 11.8 Å². The molecule has 3 rings (SSSR count). The van der Waals surface area contributed by atoms with E-state index < -0.39 is 0 Å². The molecule has 2 fully saturated rings. The standard InChI is InChI=1S/C17H30N6O2S/c1-3-21-7-5-14(6-8-21)18-15(24)13-26-17-20-19-16(23(17)4-2)22-9-11-25-12-10-22/h14H,3-13H2,1-2H3,(H,18,24). The Hall–Kier alpha value is -1.32. The zero-order valence-electron chi connectivity index (χ0n) is 15.8. The molecular formula is C17H30N6O2S. The largest absolute Gasteiger partial charge is 0.378 e. The molecule has 0 spiro atoms. The van der Waals surface area contributed by atoms with E-state index in [2.05, 4.69) is 43.7 Å². The van der Waals surface area contributed by atoms with Gasteiger partial charge in [-0.25, -0.2) is 0 Å². The Labute approximate surface area is 159 Å². The van der Waals surface area contributed by atoms with E-state index in [0.717, 1.165) is 76.4 Å². The van der Waals surface area contributed by atoms with Crippen LogP contribution in [0.5, 0.6) is 0 Å². The molecule has 0 aliphatic carbocycles. The van der Waals surface area contributed by atoms with Crippen molar-refractivity contribution in [2.45, 2.75) is 44.4 Å². The maximum atomic E-state index is 12.3. The van der Waals surface area contributed by atoms with Crippen LogP contribution in [0.3, 0.4) is 0 Å². The summed E-state index contributed by atoms with van der Waals surface area (Å²) in [6.07, 6.45) is 2.08. The van der Waals surface area contributed by atoms with E-state index in [4.69, 9.17) is 4.74 Å². The molecule has 1 N–H and O–H groups in total.